The second-order valence-corrected chi connectivity index (χ2v) is 5.48. The number of amides is 1. The molecule has 1 atom stereocenters. The van der Waals surface area contributed by atoms with Gasteiger partial charge in [-0.1, -0.05) is 30.3 Å². The van der Waals surface area contributed by atoms with E-state index in [0.29, 0.717) is 0 Å². The number of ether oxygens (including phenoxy) is 3. The molecule has 1 aliphatic rings. The van der Waals surface area contributed by atoms with Crippen molar-refractivity contribution in [3.05, 3.63) is 41.6 Å². The van der Waals surface area contributed by atoms with Crippen molar-refractivity contribution in [2.45, 2.75) is 32.5 Å². The van der Waals surface area contributed by atoms with Crippen molar-refractivity contribution in [3.8, 4) is 0 Å². The van der Waals surface area contributed by atoms with Gasteiger partial charge in [-0.25, -0.2) is 9.59 Å². The topological polar surface area (TPSA) is 143 Å². The van der Waals surface area contributed by atoms with Gasteiger partial charge in [0, 0.05) is 0 Å². The molecule has 0 aliphatic carbocycles. The zero-order valence-electron chi connectivity index (χ0n) is 15.6. The number of carbonyl (C=O) groups excluding carboxylic acids is 3. The summed E-state index contributed by atoms with van der Waals surface area (Å²) >= 11 is 0. The van der Waals surface area contributed by atoms with E-state index in [-0.39, 0.29) is 26.4 Å². The zero-order chi connectivity index (χ0) is 21.1. The maximum atomic E-state index is 11.3. The van der Waals surface area contributed by atoms with Gasteiger partial charge in [0.2, 0.25) is 0 Å². The number of hydrogen-bond donors (Lipinski definition) is 1. The highest BCUT2D eigenvalue weighted by Gasteiger charge is 2.45. The highest BCUT2D eigenvalue weighted by molar-refractivity contribution is 6.00. The van der Waals surface area contributed by atoms with Crippen LogP contribution in [0.15, 0.2) is 30.3 Å². The van der Waals surface area contributed by atoms with Crippen LogP contribution in [0.5, 0.6) is 0 Å². The fourth-order valence-corrected chi connectivity index (χ4v) is 1.90. The number of esters is 2. The van der Waals surface area contributed by atoms with E-state index in [0.717, 1.165) is 5.56 Å². The van der Waals surface area contributed by atoms with Crippen LogP contribution in [0.1, 0.15) is 19.4 Å². The van der Waals surface area contributed by atoms with Crippen LogP contribution in [0.25, 0.3) is 5.73 Å². The van der Waals surface area contributed by atoms with E-state index in [1.807, 2.05) is 30.3 Å². The van der Waals surface area contributed by atoms with Crippen LogP contribution in [0.4, 0.5) is 4.79 Å². The van der Waals surface area contributed by atoms with E-state index in [2.05, 4.69) is 9.47 Å². The van der Waals surface area contributed by atoms with Crippen molar-refractivity contribution in [2.24, 2.45) is 0 Å². The van der Waals surface area contributed by atoms with Crippen molar-refractivity contribution in [2.75, 3.05) is 19.8 Å². The lowest BCUT2D eigenvalue weighted by molar-refractivity contribution is -0.154. The number of carboxylic acids is 1. The average molecular weight is 395 g/mol. The first-order valence-corrected chi connectivity index (χ1v) is 8.56. The van der Waals surface area contributed by atoms with E-state index in [9.17, 15) is 19.2 Å². The summed E-state index contributed by atoms with van der Waals surface area (Å²) < 4.78 is 13.8. The van der Waals surface area contributed by atoms with Gasteiger partial charge in [-0.05, 0) is 19.4 Å². The van der Waals surface area contributed by atoms with Gasteiger partial charge in [0.1, 0.15) is 6.61 Å². The fraction of sp³-hybridized carbons (Fsp3) is 0.444. The molecule has 10 nitrogen and oxygen atoms in total. The van der Waals surface area contributed by atoms with Crippen molar-refractivity contribution in [1.82, 2.24) is 4.90 Å². The number of nitrogens with one attached hydrogen (secondary N) is 1. The summed E-state index contributed by atoms with van der Waals surface area (Å²) in [7, 11) is 0. The molecule has 0 radical (unpaired) electrons. The van der Waals surface area contributed by atoms with E-state index in [1.165, 1.54) is 4.90 Å². The largest absolute Gasteiger partial charge is 0.656 e. The summed E-state index contributed by atoms with van der Waals surface area (Å²) in [5, 5.41) is 8.61. The van der Waals surface area contributed by atoms with E-state index < -0.39 is 36.1 Å². The first-order chi connectivity index (χ1) is 13.3. The fourth-order valence-electron chi connectivity index (χ4n) is 1.90. The Kier molecular flexibility index (Phi) is 9.44. The van der Waals surface area contributed by atoms with Crippen LogP contribution in [0.3, 0.4) is 0 Å². The minimum atomic E-state index is -1.56. The van der Waals surface area contributed by atoms with Crippen molar-refractivity contribution >= 4 is 24.0 Å². The second kappa shape index (κ2) is 11.5. The number of hydrogen-bond acceptors (Lipinski definition) is 7. The molecule has 0 aromatic heterocycles. The standard InChI is InChI=1S/C11H11NO4.C7H12NO4/c13-10(14)9-6-12(9)11(15)16-7-8-4-2-1-3-5-8;1-3-11-6(9)5(8)7(10)12-4-2/h1-5,9H,6-7H2,(H,13,14);5,8H,3-4H2,1-2H3/q;-1. The zero-order valence-corrected chi connectivity index (χ0v) is 15.6. The van der Waals surface area contributed by atoms with Gasteiger partial charge in [-0.3, -0.25) is 14.5 Å². The quantitative estimate of drug-likeness (QED) is 0.317. The number of nitrogens with zero attached hydrogens (tertiary/aromatic N) is 1. The maximum Gasteiger partial charge on any atom is 0.411 e. The van der Waals surface area contributed by atoms with Gasteiger partial charge in [-0.15, -0.1) is 0 Å². The Bertz CT molecular complexity index is 661. The Labute approximate surface area is 162 Å². The number of rotatable bonds is 7. The third kappa shape index (κ3) is 7.62. The Balaban J connectivity index is 0.000000295. The minimum absolute atomic E-state index is 0.160. The van der Waals surface area contributed by atoms with E-state index >= 15 is 0 Å². The number of benzene rings is 1. The molecule has 1 heterocycles. The van der Waals surface area contributed by atoms with Crippen LogP contribution >= 0.6 is 0 Å². The molecule has 2 N–H and O–H groups in total. The van der Waals surface area contributed by atoms with Crippen LogP contribution < -0.4 is 0 Å². The van der Waals surface area contributed by atoms with E-state index in [4.69, 9.17) is 15.6 Å². The van der Waals surface area contributed by atoms with Gasteiger partial charge in [-0.2, -0.15) is 0 Å². The van der Waals surface area contributed by atoms with Gasteiger partial charge < -0.3 is 25.1 Å². The highest BCUT2D eigenvalue weighted by atomic mass is 16.6. The van der Waals surface area contributed by atoms with Crippen LogP contribution in [-0.2, 0) is 35.2 Å². The molecule has 1 aromatic carbocycles. The molecule has 1 aromatic rings. The molecule has 154 valence electrons. The van der Waals surface area contributed by atoms with Crippen molar-refractivity contribution in [3.63, 3.8) is 0 Å². The summed E-state index contributed by atoms with van der Waals surface area (Å²) in [6.45, 7) is 3.94. The Morgan fingerprint density at radius 2 is 1.61 bits per heavy atom. The van der Waals surface area contributed by atoms with E-state index in [1.54, 1.807) is 13.8 Å². The average Bonchev–Trinajstić information content (AvgIpc) is 3.48. The molecular weight excluding hydrogens is 372 g/mol. The lowest BCUT2D eigenvalue weighted by Crippen LogP contribution is -2.30. The summed E-state index contributed by atoms with van der Waals surface area (Å²) in [6, 6.07) is 6.97. The SMILES string of the molecule is CCOC(=O)C([NH-])C(=O)OCC.O=C(O)C1CN1C(=O)OCc1ccccc1. The number of aliphatic carboxylic acids is 1. The molecule has 10 heteroatoms. The molecule has 1 saturated heterocycles. The molecule has 2 rings (SSSR count). The molecule has 1 aliphatic heterocycles. The predicted molar refractivity (Wildman–Crippen MR) is 96.1 cm³/mol. The molecule has 1 amide bonds. The molecular formula is C18H23N2O8-. The van der Waals surface area contributed by atoms with Gasteiger partial charge >= 0.3 is 12.1 Å². The summed E-state index contributed by atoms with van der Waals surface area (Å²) in [4.78, 5) is 44.5. The summed E-state index contributed by atoms with van der Waals surface area (Å²) in [5.41, 5.74) is 7.92. The van der Waals surface area contributed by atoms with Crippen molar-refractivity contribution < 1.29 is 38.5 Å². The van der Waals surface area contributed by atoms with Crippen LogP contribution in [-0.4, -0.2) is 65.8 Å². The summed E-state index contributed by atoms with van der Waals surface area (Å²) in [5.74, 6) is -2.72. The Morgan fingerprint density at radius 3 is 2.04 bits per heavy atom. The predicted octanol–water partition coefficient (Wildman–Crippen LogP) is 1.63. The van der Waals surface area contributed by atoms with Crippen LogP contribution in [0, 0.1) is 0 Å². The maximum absolute atomic E-state index is 11.3. The number of carbonyl (C=O) groups is 4. The first kappa shape index (κ1) is 22.9. The molecule has 0 bridgehead atoms. The second-order valence-electron chi connectivity index (χ2n) is 5.48. The summed E-state index contributed by atoms with van der Waals surface area (Å²) in [6.07, 6.45) is -0.573. The third-order valence-corrected chi connectivity index (χ3v) is 3.38. The Morgan fingerprint density at radius 1 is 1.07 bits per heavy atom. The minimum Gasteiger partial charge on any atom is -0.656 e. The molecule has 0 saturated carbocycles. The Hall–Kier alpha value is -3.14. The highest BCUT2D eigenvalue weighted by Crippen LogP contribution is 2.19. The smallest absolute Gasteiger partial charge is 0.411 e. The van der Waals surface area contributed by atoms with Crippen molar-refractivity contribution in [1.29, 1.82) is 0 Å². The molecule has 1 unspecified atom stereocenters. The monoisotopic (exact) mass is 395 g/mol. The molecule has 0 spiro atoms. The molecule has 28 heavy (non-hydrogen) atoms. The molecule has 1 fully saturated rings. The van der Waals surface area contributed by atoms with Gasteiger partial charge in [0.25, 0.3) is 11.9 Å². The number of carboxylic acid groups (broad SMARTS) is 1. The van der Waals surface area contributed by atoms with Crippen LogP contribution in [0.2, 0.25) is 0 Å². The van der Waals surface area contributed by atoms with Gasteiger partial charge in [0.05, 0.1) is 25.8 Å². The third-order valence-electron chi connectivity index (χ3n) is 3.38. The lowest BCUT2D eigenvalue weighted by Gasteiger charge is -2.15. The van der Waals surface area contributed by atoms with Gasteiger partial charge in [0.15, 0.2) is 6.04 Å². The normalized spacial score (nSPS) is 14.4. The first-order valence-electron chi connectivity index (χ1n) is 8.56. The lowest BCUT2D eigenvalue weighted by atomic mass is 10.2.